The minimum absolute atomic E-state index is 0.000692. The molecule has 1 heterocycles. The fraction of sp³-hybridized carbons (Fsp3) is 0.909. The Labute approximate surface area is 92.2 Å². The maximum Gasteiger partial charge on any atom is 0.237 e. The number of hydrogen-bond donors (Lipinski definition) is 2. The third kappa shape index (κ3) is 3.47. The number of amides is 1. The van der Waals surface area contributed by atoms with Crippen LogP contribution in [-0.2, 0) is 4.79 Å². The number of piperidine rings is 1. The first-order chi connectivity index (χ1) is 7.04. The summed E-state index contributed by atoms with van der Waals surface area (Å²) in [6.07, 6.45) is 2.76. The fourth-order valence-corrected chi connectivity index (χ4v) is 1.91. The van der Waals surface area contributed by atoms with Crippen LogP contribution in [0.2, 0.25) is 0 Å². The highest BCUT2D eigenvalue weighted by atomic mass is 16.2. The molecule has 1 aliphatic heterocycles. The maximum atomic E-state index is 11.6. The Balaban J connectivity index is 2.36. The second-order valence-electron chi connectivity index (χ2n) is 4.57. The molecule has 0 aromatic heterocycles. The molecular formula is C11H23N3O. The number of nitrogens with zero attached hydrogens (tertiary/aromatic N) is 1. The Morgan fingerprint density at radius 3 is 2.87 bits per heavy atom. The fourth-order valence-electron chi connectivity index (χ4n) is 1.91. The molecule has 0 aromatic rings. The predicted molar refractivity (Wildman–Crippen MR) is 61.5 cm³/mol. The average Bonchev–Trinajstić information content (AvgIpc) is 2.22. The van der Waals surface area contributed by atoms with Gasteiger partial charge < -0.3 is 16.0 Å². The Kier molecular flexibility index (Phi) is 4.54. The minimum atomic E-state index is -0.347. The highest BCUT2D eigenvalue weighted by Crippen LogP contribution is 2.15. The van der Waals surface area contributed by atoms with Gasteiger partial charge in [-0.2, -0.15) is 0 Å². The van der Waals surface area contributed by atoms with Crippen LogP contribution in [0.3, 0.4) is 0 Å². The van der Waals surface area contributed by atoms with Gasteiger partial charge in [0.2, 0.25) is 5.91 Å². The molecule has 0 radical (unpaired) electrons. The van der Waals surface area contributed by atoms with Crippen LogP contribution in [0.1, 0.15) is 33.1 Å². The summed E-state index contributed by atoms with van der Waals surface area (Å²) >= 11 is 0. The van der Waals surface area contributed by atoms with Gasteiger partial charge in [-0.15, -0.1) is 0 Å². The lowest BCUT2D eigenvalue weighted by Gasteiger charge is -2.35. The molecule has 0 spiro atoms. The van der Waals surface area contributed by atoms with Crippen LogP contribution in [0.5, 0.6) is 0 Å². The largest absolute Gasteiger partial charge is 0.352 e. The van der Waals surface area contributed by atoms with Gasteiger partial charge in [-0.3, -0.25) is 4.79 Å². The molecule has 3 atom stereocenters. The van der Waals surface area contributed by atoms with E-state index in [1.807, 2.05) is 6.92 Å². The lowest BCUT2D eigenvalue weighted by molar-refractivity contribution is -0.123. The molecule has 1 amide bonds. The van der Waals surface area contributed by atoms with Gasteiger partial charge in [0.25, 0.3) is 0 Å². The standard InChI is InChI=1S/C11H23N3O/c1-4-10(12)11(15)13-9-5-6-14(3)8(2)7-9/h8-10H,4-7,12H2,1-3H3,(H,13,15)/t8?,9?,10-/m0/s1. The van der Waals surface area contributed by atoms with Gasteiger partial charge in [-0.05, 0) is 33.2 Å². The van der Waals surface area contributed by atoms with E-state index in [1.54, 1.807) is 0 Å². The van der Waals surface area contributed by atoms with E-state index in [0.29, 0.717) is 18.5 Å². The summed E-state index contributed by atoms with van der Waals surface area (Å²) in [7, 11) is 2.13. The molecule has 2 unspecified atom stereocenters. The van der Waals surface area contributed by atoms with Crippen molar-refractivity contribution in [2.45, 2.75) is 51.2 Å². The van der Waals surface area contributed by atoms with Gasteiger partial charge in [0.15, 0.2) is 0 Å². The van der Waals surface area contributed by atoms with Crippen molar-refractivity contribution in [3.8, 4) is 0 Å². The summed E-state index contributed by atoms with van der Waals surface area (Å²) in [6.45, 7) is 5.17. The number of carbonyl (C=O) groups excluding carboxylic acids is 1. The molecular weight excluding hydrogens is 190 g/mol. The van der Waals surface area contributed by atoms with E-state index in [2.05, 4.69) is 24.2 Å². The average molecular weight is 213 g/mol. The first-order valence-electron chi connectivity index (χ1n) is 5.80. The first-order valence-corrected chi connectivity index (χ1v) is 5.80. The molecule has 1 aliphatic rings. The van der Waals surface area contributed by atoms with Gasteiger partial charge >= 0.3 is 0 Å². The van der Waals surface area contributed by atoms with E-state index in [9.17, 15) is 4.79 Å². The van der Waals surface area contributed by atoms with Crippen LogP contribution in [0, 0.1) is 0 Å². The SMILES string of the molecule is CC[C@H](N)C(=O)NC1CCN(C)C(C)C1. The minimum Gasteiger partial charge on any atom is -0.352 e. The summed E-state index contributed by atoms with van der Waals surface area (Å²) in [5, 5.41) is 3.03. The van der Waals surface area contributed by atoms with Crippen molar-refractivity contribution < 1.29 is 4.79 Å². The van der Waals surface area contributed by atoms with Gasteiger partial charge in [0.1, 0.15) is 0 Å². The summed E-state index contributed by atoms with van der Waals surface area (Å²) in [5.74, 6) is -0.000692. The van der Waals surface area contributed by atoms with Crippen molar-refractivity contribution in [3.63, 3.8) is 0 Å². The van der Waals surface area contributed by atoms with Gasteiger partial charge in [-0.1, -0.05) is 6.92 Å². The molecule has 1 saturated heterocycles. The van der Waals surface area contributed by atoms with Crippen LogP contribution in [0.4, 0.5) is 0 Å². The summed E-state index contributed by atoms with van der Waals surface area (Å²) in [5.41, 5.74) is 5.67. The molecule has 0 saturated carbocycles. The zero-order chi connectivity index (χ0) is 11.4. The molecule has 4 heteroatoms. The highest BCUT2D eigenvalue weighted by Gasteiger charge is 2.24. The number of nitrogens with one attached hydrogen (secondary N) is 1. The van der Waals surface area contributed by atoms with Crippen LogP contribution in [0.25, 0.3) is 0 Å². The first kappa shape index (κ1) is 12.5. The summed E-state index contributed by atoms with van der Waals surface area (Å²) in [4.78, 5) is 13.9. The molecule has 0 aromatic carbocycles. The van der Waals surface area contributed by atoms with Crippen molar-refractivity contribution in [1.82, 2.24) is 10.2 Å². The second kappa shape index (κ2) is 5.47. The number of likely N-dealkylation sites (tertiary alicyclic amines) is 1. The second-order valence-corrected chi connectivity index (χ2v) is 4.57. The van der Waals surface area contributed by atoms with Crippen molar-refractivity contribution in [2.75, 3.05) is 13.6 Å². The number of rotatable bonds is 3. The molecule has 3 N–H and O–H groups in total. The molecule has 4 nitrogen and oxygen atoms in total. The highest BCUT2D eigenvalue weighted by molar-refractivity contribution is 5.81. The number of carbonyl (C=O) groups is 1. The quantitative estimate of drug-likeness (QED) is 0.710. The zero-order valence-electron chi connectivity index (χ0n) is 9.99. The lowest BCUT2D eigenvalue weighted by Crippen LogP contribution is -2.51. The van der Waals surface area contributed by atoms with Gasteiger partial charge in [-0.25, -0.2) is 0 Å². The maximum absolute atomic E-state index is 11.6. The van der Waals surface area contributed by atoms with Crippen LogP contribution >= 0.6 is 0 Å². The monoisotopic (exact) mass is 213 g/mol. The predicted octanol–water partition coefficient (Wildman–Crippen LogP) is 0.323. The van der Waals surface area contributed by atoms with Crippen LogP contribution in [0.15, 0.2) is 0 Å². The van der Waals surface area contributed by atoms with Gasteiger partial charge in [0.05, 0.1) is 6.04 Å². The number of hydrogen-bond acceptors (Lipinski definition) is 3. The van der Waals surface area contributed by atoms with Crippen LogP contribution in [-0.4, -0.2) is 42.5 Å². The van der Waals surface area contributed by atoms with Crippen molar-refractivity contribution in [2.24, 2.45) is 5.73 Å². The molecule has 1 rings (SSSR count). The molecule has 0 aliphatic carbocycles. The van der Waals surface area contributed by atoms with Crippen molar-refractivity contribution in [3.05, 3.63) is 0 Å². The number of nitrogens with two attached hydrogens (primary N) is 1. The van der Waals surface area contributed by atoms with Crippen molar-refractivity contribution in [1.29, 1.82) is 0 Å². The molecule has 1 fully saturated rings. The van der Waals surface area contributed by atoms with E-state index in [-0.39, 0.29) is 11.9 Å². The van der Waals surface area contributed by atoms with Crippen LogP contribution < -0.4 is 11.1 Å². The van der Waals surface area contributed by atoms with E-state index in [1.165, 1.54) is 0 Å². The van der Waals surface area contributed by atoms with E-state index in [0.717, 1.165) is 19.4 Å². The molecule has 88 valence electrons. The topological polar surface area (TPSA) is 58.4 Å². The van der Waals surface area contributed by atoms with E-state index >= 15 is 0 Å². The Hall–Kier alpha value is -0.610. The lowest BCUT2D eigenvalue weighted by atomic mass is 9.98. The zero-order valence-corrected chi connectivity index (χ0v) is 9.99. The third-order valence-electron chi connectivity index (χ3n) is 3.33. The molecule has 0 bridgehead atoms. The van der Waals surface area contributed by atoms with E-state index in [4.69, 9.17) is 5.73 Å². The van der Waals surface area contributed by atoms with Crippen molar-refractivity contribution >= 4 is 5.91 Å². The summed E-state index contributed by atoms with van der Waals surface area (Å²) in [6, 6.07) is 0.503. The van der Waals surface area contributed by atoms with Gasteiger partial charge in [0, 0.05) is 18.6 Å². The third-order valence-corrected chi connectivity index (χ3v) is 3.33. The molecule has 15 heavy (non-hydrogen) atoms. The Morgan fingerprint density at radius 2 is 2.33 bits per heavy atom. The Bertz CT molecular complexity index is 220. The smallest absolute Gasteiger partial charge is 0.237 e. The summed E-state index contributed by atoms with van der Waals surface area (Å²) < 4.78 is 0. The normalized spacial score (nSPS) is 29.9. The Morgan fingerprint density at radius 1 is 1.67 bits per heavy atom. The van der Waals surface area contributed by atoms with E-state index < -0.39 is 0 Å².